The van der Waals surface area contributed by atoms with Gasteiger partial charge in [-0.1, -0.05) is 54.6 Å². The van der Waals surface area contributed by atoms with E-state index in [9.17, 15) is 9.90 Å². The summed E-state index contributed by atoms with van der Waals surface area (Å²) in [6.45, 7) is 0.325. The number of ether oxygens (including phenoxy) is 1. The quantitative estimate of drug-likeness (QED) is 0.728. The molecule has 1 aliphatic rings. The number of aliphatic hydroxyl groups excluding tert-OH is 1. The average molecular weight is 360 g/mol. The first-order valence-electron chi connectivity index (χ1n) is 8.91. The lowest BCUT2D eigenvalue weighted by Crippen LogP contribution is -2.30. The van der Waals surface area contributed by atoms with Crippen molar-refractivity contribution in [3.05, 3.63) is 89.7 Å². The molecular weight excluding hydrogens is 340 g/mol. The summed E-state index contributed by atoms with van der Waals surface area (Å²) in [5.74, 6) is 0.0198. The van der Waals surface area contributed by atoms with Crippen LogP contribution < -0.4 is 5.32 Å². The number of rotatable bonds is 5. The van der Waals surface area contributed by atoms with Crippen LogP contribution in [-0.2, 0) is 4.74 Å². The van der Waals surface area contributed by atoms with Gasteiger partial charge in [-0.05, 0) is 28.3 Å². The van der Waals surface area contributed by atoms with Crippen LogP contribution in [0.5, 0.6) is 0 Å². The summed E-state index contributed by atoms with van der Waals surface area (Å²) in [5, 5.41) is 12.7. The van der Waals surface area contributed by atoms with Gasteiger partial charge in [0.15, 0.2) is 0 Å². The number of benzene rings is 2. The van der Waals surface area contributed by atoms with Crippen molar-refractivity contribution in [1.82, 2.24) is 10.3 Å². The number of carbonyl (C=O) groups is 1. The third-order valence-corrected chi connectivity index (χ3v) is 4.85. The van der Waals surface area contributed by atoms with E-state index in [-0.39, 0.29) is 19.1 Å². The van der Waals surface area contributed by atoms with Crippen molar-refractivity contribution >= 4 is 6.09 Å². The van der Waals surface area contributed by atoms with Crippen molar-refractivity contribution < 1.29 is 14.6 Å². The molecule has 0 saturated carbocycles. The van der Waals surface area contributed by atoms with Crippen LogP contribution in [-0.4, -0.2) is 29.3 Å². The second kappa shape index (κ2) is 7.60. The number of nitrogens with one attached hydrogen (secondary N) is 1. The van der Waals surface area contributed by atoms with E-state index in [1.807, 2.05) is 24.3 Å². The van der Waals surface area contributed by atoms with Gasteiger partial charge in [-0.2, -0.15) is 0 Å². The summed E-state index contributed by atoms with van der Waals surface area (Å²) in [7, 11) is 0. The molecule has 0 aliphatic heterocycles. The highest BCUT2D eigenvalue weighted by Crippen LogP contribution is 2.44. The van der Waals surface area contributed by atoms with Gasteiger partial charge in [-0.25, -0.2) is 4.79 Å². The molecule has 1 aromatic heterocycles. The first-order chi connectivity index (χ1) is 13.2. The second-order valence-electron chi connectivity index (χ2n) is 6.51. The normalized spacial score (nSPS) is 13.5. The fraction of sp³-hybridized carbons (Fsp3) is 0.182. The molecule has 0 radical (unpaired) electrons. The molecule has 5 nitrogen and oxygen atoms in total. The smallest absolute Gasteiger partial charge is 0.407 e. The lowest BCUT2D eigenvalue weighted by Gasteiger charge is -2.16. The van der Waals surface area contributed by atoms with Crippen LogP contribution in [0.25, 0.3) is 11.1 Å². The first-order valence-corrected chi connectivity index (χ1v) is 8.91. The molecule has 2 aromatic carbocycles. The minimum Gasteiger partial charge on any atom is -0.449 e. The molecule has 5 heteroatoms. The lowest BCUT2D eigenvalue weighted by molar-refractivity contribution is 0.128. The summed E-state index contributed by atoms with van der Waals surface area (Å²) < 4.78 is 5.45. The number of hydrogen-bond donors (Lipinski definition) is 2. The third kappa shape index (κ3) is 3.55. The Morgan fingerprint density at radius 1 is 1.04 bits per heavy atom. The number of carbonyl (C=O) groups excluding carboxylic acids is 1. The average Bonchev–Trinajstić information content (AvgIpc) is 3.05. The van der Waals surface area contributed by atoms with Crippen molar-refractivity contribution in [3.63, 3.8) is 0 Å². The maximum Gasteiger partial charge on any atom is 0.407 e. The van der Waals surface area contributed by atoms with Crippen molar-refractivity contribution in [2.45, 2.75) is 12.0 Å². The van der Waals surface area contributed by atoms with Gasteiger partial charge in [-0.15, -0.1) is 0 Å². The Hall–Kier alpha value is -3.18. The third-order valence-electron chi connectivity index (χ3n) is 4.85. The highest BCUT2D eigenvalue weighted by molar-refractivity contribution is 5.79. The zero-order chi connectivity index (χ0) is 18.6. The van der Waals surface area contributed by atoms with E-state index in [0.29, 0.717) is 5.56 Å². The fourth-order valence-electron chi connectivity index (χ4n) is 3.52. The van der Waals surface area contributed by atoms with Crippen molar-refractivity contribution in [1.29, 1.82) is 0 Å². The number of fused-ring (bicyclic) bond motifs is 3. The molecule has 4 rings (SSSR count). The van der Waals surface area contributed by atoms with Gasteiger partial charge >= 0.3 is 6.09 Å². The molecule has 1 atom stereocenters. The standard InChI is InChI=1S/C22H20N2O3/c25-21(15-6-5-11-23-12-15)13-24-22(26)27-14-20-18-9-3-1-7-16(18)17-8-2-4-10-19(17)20/h1-12,20-21,25H,13-14H2,(H,24,26). The van der Waals surface area contributed by atoms with Gasteiger partial charge < -0.3 is 15.2 Å². The molecule has 0 fully saturated rings. The minimum atomic E-state index is -0.820. The molecule has 27 heavy (non-hydrogen) atoms. The van der Waals surface area contributed by atoms with E-state index >= 15 is 0 Å². The first kappa shape index (κ1) is 17.2. The lowest BCUT2D eigenvalue weighted by atomic mass is 9.98. The van der Waals surface area contributed by atoms with Gasteiger partial charge in [-0.3, -0.25) is 4.98 Å². The largest absolute Gasteiger partial charge is 0.449 e. The van der Waals surface area contributed by atoms with Crippen LogP contribution in [0.4, 0.5) is 4.79 Å². The summed E-state index contributed by atoms with van der Waals surface area (Å²) in [6, 6.07) is 19.9. The topological polar surface area (TPSA) is 71.5 Å². The Bertz CT molecular complexity index is 898. The maximum atomic E-state index is 12.1. The molecule has 0 bridgehead atoms. The van der Waals surface area contributed by atoms with Gasteiger partial charge in [0.05, 0.1) is 12.6 Å². The monoisotopic (exact) mass is 360 g/mol. The van der Waals surface area contributed by atoms with E-state index in [1.165, 1.54) is 22.3 Å². The van der Waals surface area contributed by atoms with Gasteiger partial charge in [0, 0.05) is 23.9 Å². The molecule has 1 aliphatic carbocycles. The van der Waals surface area contributed by atoms with Crippen LogP contribution in [0.1, 0.15) is 28.7 Å². The predicted octanol–water partition coefficient (Wildman–Crippen LogP) is 3.65. The SMILES string of the molecule is O=C(NCC(O)c1cccnc1)OCC1c2ccccc2-c2ccccc21. The van der Waals surface area contributed by atoms with Crippen molar-refractivity contribution in [3.8, 4) is 11.1 Å². The number of aromatic nitrogens is 1. The molecule has 0 spiro atoms. The Morgan fingerprint density at radius 2 is 1.70 bits per heavy atom. The van der Waals surface area contributed by atoms with Crippen molar-refractivity contribution in [2.75, 3.05) is 13.2 Å². The molecule has 1 unspecified atom stereocenters. The zero-order valence-corrected chi connectivity index (χ0v) is 14.7. The zero-order valence-electron chi connectivity index (χ0n) is 14.7. The number of alkyl carbamates (subject to hydrolysis) is 1. The van der Waals surface area contributed by atoms with E-state index < -0.39 is 12.2 Å². The van der Waals surface area contributed by atoms with Crippen molar-refractivity contribution in [2.24, 2.45) is 0 Å². The molecule has 1 heterocycles. The Balaban J connectivity index is 1.38. The summed E-state index contributed by atoms with van der Waals surface area (Å²) in [5.41, 5.74) is 5.36. The fourth-order valence-corrected chi connectivity index (χ4v) is 3.52. The maximum absolute atomic E-state index is 12.1. The van der Waals surface area contributed by atoms with Crippen LogP contribution in [0.3, 0.4) is 0 Å². The van der Waals surface area contributed by atoms with Crippen LogP contribution in [0.15, 0.2) is 73.1 Å². The molecular formula is C22H20N2O3. The van der Waals surface area contributed by atoms with Gasteiger partial charge in [0.1, 0.15) is 6.61 Å². The highest BCUT2D eigenvalue weighted by Gasteiger charge is 2.29. The number of aliphatic hydroxyl groups is 1. The molecule has 136 valence electrons. The summed E-state index contributed by atoms with van der Waals surface area (Å²) >= 11 is 0. The highest BCUT2D eigenvalue weighted by atomic mass is 16.5. The number of nitrogens with zero attached hydrogens (tertiary/aromatic N) is 1. The number of pyridine rings is 1. The number of amides is 1. The molecule has 0 saturated heterocycles. The van der Waals surface area contributed by atoms with E-state index in [2.05, 4.69) is 34.6 Å². The second-order valence-corrected chi connectivity index (χ2v) is 6.51. The number of hydrogen-bond acceptors (Lipinski definition) is 4. The molecule has 3 aromatic rings. The molecule has 2 N–H and O–H groups in total. The predicted molar refractivity (Wildman–Crippen MR) is 102 cm³/mol. The van der Waals surface area contributed by atoms with Crippen LogP contribution in [0, 0.1) is 0 Å². The summed E-state index contributed by atoms with van der Waals surface area (Å²) in [4.78, 5) is 16.1. The van der Waals surface area contributed by atoms with Crippen LogP contribution >= 0.6 is 0 Å². The summed E-state index contributed by atoms with van der Waals surface area (Å²) in [6.07, 6.45) is 1.85. The van der Waals surface area contributed by atoms with Gasteiger partial charge in [0.2, 0.25) is 0 Å². The Labute approximate surface area is 157 Å². The Kier molecular flexibility index (Phi) is 4.85. The van der Waals surface area contributed by atoms with Gasteiger partial charge in [0.25, 0.3) is 0 Å². The van der Waals surface area contributed by atoms with Crippen LogP contribution in [0.2, 0.25) is 0 Å². The Morgan fingerprint density at radius 3 is 2.33 bits per heavy atom. The van der Waals surface area contributed by atoms with E-state index in [1.54, 1.807) is 24.5 Å². The van der Waals surface area contributed by atoms with E-state index in [4.69, 9.17) is 4.74 Å². The minimum absolute atomic E-state index is 0.0198. The molecule has 1 amide bonds. The van der Waals surface area contributed by atoms with E-state index in [0.717, 1.165) is 0 Å².